The van der Waals surface area contributed by atoms with Crippen LogP contribution in [0.3, 0.4) is 0 Å². The molecule has 0 radical (unpaired) electrons. The van der Waals surface area contributed by atoms with Gasteiger partial charge in [-0.05, 0) is 43.4 Å². The van der Waals surface area contributed by atoms with Crippen LogP contribution in [0.1, 0.15) is 6.42 Å². The number of imide groups is 1. The highest BCUT2D eigenvalue weighted by molar-refractivity contribution is 6.33. The molecule has 1 N–H and O–H groups in total. The second kappa shape index (κ2) is 8.41. The van der Waals surface area contributed by atoms with Gasteiger partial charge >= 0.3 is 0 Å². The van der Waals surface area contributed by atoms with Crippen molar-refractivity contribution >= 4 is 40.7 Å². The van der Waals surface area contributed by atoms with Crippen LogP contribution in [0.4, 0.5) is 11.4 Å². The van der Waals surface area contributed by atoms with Gasteiger partial charge in [0.1, 0.15) is 5.75 Å². The highest BCUT2D eigenvalue weighted by Crippen LogP contribution is 2.27. The molecule has 1 heterocycles. The van der Waals surface area contributed by atoms with Crippen LogP contribution in [0.15, 0.2) is 48.5 Å². The summed E-state index contributed by atoms with van der Waals surface area (Å²) < 4.78 is 5.10. The van der Waals surface area contributed by atoms with E-state index in [0.717, 1.165) is 4.90 Å². The van der Waals surface area contributed by atoms with Gasteiger partial charge in [0.2, 0.25) is 11.8 Å². The molecule has 7 nitrogen and oxygen atoms in total. The van der Waals surface area contributed by atoms with Gasteiger partial charge in [-0.1, -0.05) is 23.7 Å². The summed E-state index contributed by atoms with van der Waals surface area (Å²) in [5, 5.41) is 3.14. The summed E-state index contributed by atoms with van der Waals surface area (Å²) >= 11 is 6.04. The van der Waals surface area contributed by atoms with E-state index in [1.807, 2.05) is 0 Å². The minimum Gasteiger partial charge on any atom is -0.497 e. The van der Waals surface area contributed by atoms with Crippen molar-refractivity contribution in [1.82, 2.24) is 4.90 Å². The zero-order valence-electron chi connectivity index (χ0n) is 15.5. The second-order valence-corrected chi connectivity index (χ2v) is 6.84. The molecule has 8 heteroatoms. The number of anilines is 2. The molecule has 0 aliphatic carbocycles. The number of hydrogen-bond donors (Lipinski definition) is 1. The Labute approximate surface area is 167 Å². The molecule has 1 aliphatic rings. The molecule has 1 aliphatic heterocycles. The highest BCUT2D eigenvalue weighted by Gasteiger charge is 2.42. The van der Waals surface area contributed by atoms with Gasteiger partial charge in [-0.15, -0.1) is 0 Å². The van der Waals surface area contributed by atoms with Crippen molar-refractivity contribution in [3.63, 3.8) is 0 Å². The minimum absolute atomic E-state index is 0.0146. The summed E-state index contributed by atoms with van der Waals surface area (Å²) in [5.74, 6) is -0.353. The minimum atomic E-state index is -0.702. The molecule has 3 rings (SSSR count). The Balaban J connectivity index is 1.66. The maximum atomic E-state index is 12.8. The zero-order valence-corrected chi connectivity index (χ0v) is 16.3. The first kappa shape index (κ1) is 19.9. The van der Waals surface area contributed by atoms with Gasteiger partial charge in [-0.2, -0.15) is 0 Å². The van der Waals surface area contributed by atoms with Crippen molar-refractivity contribution in [3.8, 4) is 5.75 Å². The van der Waals surface area contributed by atoms with Crippen molar-refractivity contribution in [2.45, 2.75) is 12.5 Å². The normalized spacial score (nSPS) is 16.6. The number of carbonyl (C=O) groups excluding carboxylic acids is 3. The Hall–Kier alpha value is -2.90. The predicted octanol–water partition coefficient (Wildman–Crippen LogP) is 2.55. The van der Waals surface area contributed by atoms with Crippen molar-refractivity contribution in [1.29, 1.82) is 0 Å². The fraction of sp³-hybridized carbons (Fsp3) is 0.250. The van der Waals surface area contributed by atoms with Gasteiger partial charge in [0.25, 0.3) is 5.91 Å². The van der Waals surface area contributed by atoms with Crippen molar-refractivity contribution in [2.75, 3.05) is 30.9 Å². The number of carbonyl (C=O) groups is 3. The molecular formula is C20H20ClN3O4. The highest BCUT2D eigenvalue weighted by atomic mass is 35.5. The molecule has 1 atom stereocenters. The first-order chi connectivity index (χ1) is 13.4. The average molecular weight is 402 g/mol. The number of methoxy groups -OCH3 is 1. The van der Waals surface area contributed by atoms with Gasteiger partial charge in [-0.25, -0.2) is 4.90 Å². The first-order valence-electron chi connectivity index (χ1n) is 8.66. The number of nitrogens with one attached hydrogen (secondary N) is 1. The third kappa shape index (κ3) is 4.16. The van der Waals surface area contributed by atoms with Crippen molar-refractivity contribution in [3.05, 3.63) is 53.6 Å². The van der Waals surface area contributed by atoms with E-state index < -0.39 is 6.04 Å². The second-order valence-electron chi connectivity index (χ2n) is 6.43. The maximum absolute atomic E-state index is 12.8. The average Bonchev–Trinajstić information content (AvgIpc) is 2.98. The Morgan fingerprint density at radius 3 is 2.54 bits per heavy atom. The lowest BCUT2D eigenvalue weighted by atomic mass is 10.2. The number of halogens is 1. The van der Waals surface area contributed by atoms with Crippen LogP contribution < -0.4 is 15.0 Å². The van der Waals surface area contributed by atoms with Gasteiger partial charge in [0, 0.05) is 0 Å². The molecule has 2 aromatic rings. The molecule has 3 amide bonds. The van der Waals surface area contributed by atoms with Crippen LogP contribution in [-0.2, 0) is 14.4 Å². The third-order valence-electron chi connectivity index (χ3n) is 4.53. The van der Waals surface area contributed by atoms with E-state index in [4.69, 9.17) is 16.3 Å². The largest absolute Gasteiger partial charge is 0.497 e. The van der Waals surface area contributed by atoms with Crippen LogP contribution >= 0.6 is 11.6 Å². The fourth-order valence-electron chi connectivity index (χ4n) is 3.05. The summed E-state index contributed by atoms with van der Waals surface area (Å²) in [4.78, 5) is 40.2. The molecule has 1 saturated heterocycles. The number of nitrogens with zero attached hydrogens (tertiary/aromatic N) is 2. The van der Waals surface area contributed by atoms with E-state index in [-0.39, 0.29) is 30.7 Å². The van der Waals surface area contributed by atoms with Gasteiger partial charge < -0.3 is 10.1 Å². The lowest BCUT2D eigenvalue weighted by Crippen LogP contribution is -2.43. The SMILES string of the molecule is COc1ccc(N2C(=O)C[C@H](N(C)CC(=O)Nc3ccccc3Cl)C2=O)cc1. The summed E-state index contributed by atoms with van der Waals surface area (Å²) in [6, 6.07) is 12.9. The van der Waals surface area contributed by atoms with Crippen molar-refractivity contribution < 1.29 is 19.1 Å². The van der Waals surface area contributed by atoms with E-state index in [1.54, 1.807) is 67.6 Å². The smallest absolute Gasteiger partial charge is 0.251 e. The maximum Gasteiger partial charge on any atom is 0.251 e. The molecule has 1 fully saturated rings. The molecule has 146 valence electrons. The lowest BCUT2D eigenvalue weighted by Gasteiger charge is -2.22. The van der Waals surface area contributed by atoms with E-state index in [0.29, 0.717) is 22.1 Å². The fourth-order valence-corrected chi connectivity index (χ4v) is 3.23. The van der Waals surface area contributed by atoms with Crippen molar-refractivity contribution in [2.24, 2.45) is 0 Å². The quantitative estimate of drug-likeness (QED) is 0.752. The molecular weight excluding hydrogens is 382 g/mol. The van der Waals surface area contributed by atoms with Crippen LogP contribution in [0.2, 0.25) is 5.02 Å². The number of benzene rings is 2. The Morgan fingerprint density at radius 2 is 1.89 bits per heavy atom. The topological polar surface area (TPSA) is 79.0 Å². The van der Waals surface area contributed by atoms with Crippen LogP contribution in [0, 0.1) is 0 Å². The molecule has 0 unspecified atom stereocenters. The molecule has 0 saturated carbocycles. The predicted molar refractivity (Wildman–Crippen MR) is 107 cm³/mol. The van der Waals surface area contributed by atoms with Crippen LogP contribution in [0.25, 0.3) is 0 Å². The number of rotatable bonds is 6. The summed E-state index contributed by atoms with van der Waals surface area (Å²) in [7, 11) is 3.18. The molecule has 0 aromatic heterocycles. The lowest BCUT2D eigenvalue weighted by molar-refractivity contribution is -0.123. The van der Waals surface area contributed by atoms with Gasteiger partial charge in [-0.3, -0.25) is 19.3 Å². The number of ether oxygens (including phenoxy) is 1. The zero-order chi connectivity index (χ0) is 20.3. The van der Waals surface area contributed by atoms with E-state index >= 15 is 0 Å². The van der Waals surface area contributed by atoms with Crippen LogP contribution in [0.5, 0.6) is 5.75 Å². The van der Waals surface area contributed by atoms with E-state index in [2.05, 4.69) is 5.32 Å². The molecule has 0 bridgehead atoms. The standard InChI is InChI=1S/C20H20ClN3O4/c1-23(12-18(25)22-16-6-4-3-5-15(16)21)17-11-19(26)24(20(17)27)13-7-9-14(28-2)10-8-13/h3-10,17H,11-12H2,1-2H3,(H,22,25)/t17-/m0/s1. The van der Waals surface area contributed by atoms with Gasteiger partial charge in [0.05, 0.1) is 42.5 Å². The number of para-hydroxylation sites is 1. The molecule has 28 heavy (non-hydrogen) atoms. The van der Waals surface area contributed by atoms with E-state index in [9.17, 15) is 14.4 Å². The Bertz CT molecular complexity index is 901. The Kier molecular flexibility index (Phi) is 5.96. The summed E-state index contributed by atoms with van der Waals surface area (Å²) in [5.41, 5.74) is 0.975. The first-order valence-corrected chi connectivity index (χ1v) is 9.04. The number of hydrogen-bond acceptors (Lipinski definition) is 5. The molecule has 2 aromatic carbocycles. The number of likely N-dealkylation sites (N-methyl/N-ethyl adjacent to an activating group) is 1. The summed E-state index contributed by atoms with van der Waals surface area (Å²) in [6.45, 7) is -0.0502. The monoisotopic (exact) mass is 401 g/mol. The van der Waals surface area contributed by atoms with Gasteiger partial charge in [0.15, 0.2) is 0 Å². The number of amides is 3. The Morgan fingerprint density at radius 1 is 1.21 bits per heavy atom. The third-order valence-corrected chi connectivity index (χ3v) is 4.86. The summed E-state index contributed by atoms with van der Waals surface area (Å²) in [6.07, 6.45) is 0.0146. The molecule has 0 spiro atoms. The van der Waals surface area contributed by atoms with Crippen LogP contribution in [-0.4, -0.2) is 49.4 Å². The van der Waals surface area contributed by atoms with E-state index in [1.165, 1.54) is 0 Å².